The van der Waals surface area contributed by atoms with Gasteiger partial charge in [-0.1, -0.05) is 12.1 Å². The molecule has 2 rings (SSSR count). The molecule has 0 amide bonds. The van der Waals surface area contributed by atoms with Gasteiger partial charge in [-0.15, -0.1) is 0 Å². The van der Waals surface area contributed by atoms with Gasteiger partial charge in [-0.2, -0.15) is 16.8 Å². The van der Waals surface area contributed by atoms with Crippen molar-refractivity contribution in [1.29, 1.82) is 0 Å². The van der Waals surface area contributed by atoms with Gasteiger partial charge in [0.15, 0.2) is 0 Å². The van der Waals surface area contributed by atoms with Crippen LogP contribution in [0.3, 0.4) is 0 Å². The van der Waals surface area contributed by atoms with Gasteiger partial charge in [0.2, 0.25) is 0 Å². The van der Waals surface area contributed by atoms with E-state index < -0.39 is 30.0 Å². The summed E-state index contributed by atoms with van der Waals surface area (Å²) in [6.07, 6.45) is 0. The van der Waals surface area contributed by atoms with E-state index in [9.17, 15) is 25.9 Å². The Labute approximate surface area is 154 Å². The molecule has 2 aromatic carbocycles. The van der Waals surface area contributed by atoms with Gasteiger partial charge in [0.1, 0.15) is 9.79 Å². The van der Waals surface area contributed by atoms with Crippen LogP contribution >= 0.6 is 45.2 Å². The molecule has 0 fully saturated rings. The van der Waals surface area contributed by atoms with E-state index in [0.717, 1.165) is 0 Å². The van der Waals surface area contributed by atoms with Gasteiger partial charge < -0.3 is 0 Å². The average molecular weight is 566 g/mol. The van der Waals surface area contributed by atoms with E-state index in [1.807, 2.05) is 45.2 Å². The molecule has 0 unspecified atom stereocenters. The molecule has 0 aromatic heterocycles. The Bertz CT molecular complexity index is 872. The summed E-state index contributed by atoms with van der Waals surface area (Å²) in [5.41, 5.74) is -0.0149. The first-order valence-corrected chi connectivity index (χ1v) is 10.6. The molecule has 2 N–H and O–H groups in total. The fraction of sp³-hybridized carbons (Fsp3) is 0. The lowest BCUT2D eigenvalue weighted by Gasteiger charge is -2.12. The fourth-order valence-corrected chi connectivity index (χ4v) is 4.73. The van der Waals surface area contributed by atoms with Gasteiger partial charge in [-0.3, -0.25) is 9.11 Å². The molecule has 0 bridgehead atoms. The molecule has 2 aromatic rings. The third kappa shape index (κ3) is 3.97. The standard InChI is InChI=1S/C12H8I2O6S2/c13-7-1-3-9(11(5-7)21(15,16)17)10-4-2-8(14)6-12(10)22(18,19)20/h1-6H,(H,15,16,17)(H,18,19,20). The molecular formula is C12H8I2O6S2. The normalized spacial score (nSPS) is 12.4. The molecule has 0 aliphatic rings. The molecular weight excluding hydrogens is 558 g/mol. The van der Waals surface area contributed by atoms with Crippen molar-refractivity contribution in [2.24, 2.45) is 0 Å². The molecule has 0 aliphatic carbocycles. The largest absolute Gasteiger partial charge is 0.295 e. The van der Waals surface area contributed by atoms with Crippen molar-refractivity contribution in [3.8, 4) is 11.1 Å². The average Bonchev–Trinajstić information content (AvgIpc) is 2.37. The maximum absolute atomic E-state index is 11.5. The van der Waals surface area contributed by atoms with Crippen LogP contribution in [0.1, 0.15) is 0 Å². The maximum atomic E-state index is 11.5. The third-order valence-electron chi connectivity index (χ3n) is 2.73. The molecule has 0 saturated carbocycles. The molecule has 0 saturated heterocycles. The minimum absolute atomic E-state index is 0.00746. The highest BCUT2D eigenvalue weighted by Gasteiger charge is 2.23. The van der Waals surface area contributed by atoms with Crippen LogP contribution in [-0.4, -0.2) is 25.9 Å². The minimum Gasteiger partial charge on any atom is -0.282 e. The summed E-state index contributed by atoms with van der Waals surface area (Å²) >= 11 is 3.73. The molecule has 0 radical (unpaired) electrons. The monoisotopic (exact) mass is 566 g/mol. The van der Waals surface area contributed by atoms with Gasteiger partial charge in [0, 0.05) is 18.3 Å². The molecule has 118 valence electrons. The zero-order chi connectivity index (χ0) is 16.7. The van der Waals surface area contributed by atoms with Gasteiger partial charge in [-0.05, 0) is 69.4 Å². The molecule has 6 nitrogen and oxygen atoms in total. The van der Waals surface area contributed by atoms with Crippen LogP contribution in [0.15, 0.2) is 46.2 Å². The number of halogens is 2. The summed E-state index contributed by atoms with van der Waals surface area (Å²) in [5, 5.41) is 0. The van der Waals surface area contributed by atoms with Crippen LogP contribution in [-0.2, 0) is 20.2 Å². The second-order valence-electron chi connectivity index (χ2n) is 4.23. The lowest BCUT2D eigenvalue weighted by Crippen LogP contribution is -2.05. The molecule has 22 heavy (non-hydrogen) atoms. The molecule has 0 spiro atoms. The summed E-state index contributed by atoms with van der Waals surface area (Å²) in [4.78, 5) is -0.851. The predicted molar refractivity (Wildman–Crippen MR) is 96.9 cm³/mol. The first-order chi connectivity index (χ1) is 10.00. The van der Waals surface area contributed by atoms with E-state index in [1.165, 1.54) is 24.3 Å². The summed E-state index contributed by atoms with van der Waals surface area (Å²) < 4.78 is 66.0. The summed E-state index contributed by atoms with van der Waals surface area (Å²) in [6, 6.07) is 8.32. The molecule has 10 heteroatoms. The lowest BCUT2D eigenvalue weighted by atomic mass is 10.1. The summed E-state index contributed by atoms with van der Waals surface area (Å²) in [6.45, 7) is 0. The summed E-state index contributed by atoms with van der Waals surface area (Å²) in [5.74, 6) is 0. The van der Waals surface area contributed by atoms with Crippen LogP contribution in [0.25, 0.3) is 11.1 Å². The van der Waals surface area contributed by atoms with Crippen LogP contribution in [0.4, 0.5) is 0 Å². The molecule has 0 heterocycles. The highest BCUT2D eigenvalue weighted by molar-refractivity contribution is 14.1. The Kier molecular flexibility index (Phi) is 5.19. The Morgan fingerprint density at radius 1 is 0.682 bits per heavy atom. The Hall–Kier alpha value is -0.280. The van der Waals surface area contributed by atoms with Crippen molar-refractivity contribution in [1.82, 2.24) is 0 Å². The quantitative estimate of drug-likeness (QED) is 0.437. The number of hydrogen-bond donors (Lipinski definition) is 2. The van der Waals surface area contributed by atoms with Crippen LogP contribution in [0.5, 0.6) is 0 Å². The van der Waals surface area contributed by atoms with E-state index in [4.69, 9.17) is 0 Å². The van der Waals surface area contributed by atoms with E-state index in [2.05, 4.69) is 0 Å². The number of hydrogen-bond acceptors (Lipinski definition) is 4. The first kappa shape index (κ1) is 18.1. The second-order valence-corrected chi connectivity index (χ2v) is 9.50. The third-order valence-corrected chi connectivity index (χ3v) is 5.86. The summed E-state index contributed by atoms with van der Waals surface area (Å²) in [7, 11) is -9.12. The number of benzene rings is 2. The van der Waals surface area contributed by atoms with E-state index in [0.29, 0.717) is 7.14 Å². The van der Waals surface area contributed by atoms with Crippen LogP contribution in [0.2, 0.25) is 0 Å². The second kappa shape index (κ2) is 6.32. The van der Waals surface area contributed by atoms with Crippen LogP contribution < -0.4 is 0 Å². The Balaban J connectivity index is 2.90. The van der Waals surface area contributed by atoms with Crippen molar-refractivity contribution >= 4 is 65.4 Å². The minimum atomic E-state index is -4.56. The molecule has 0 atom stereocenters. The van der Waals surface area contributed by atoms with E-state index >= 15 is 0 Å². The van der Waals surface area contributed by atoms with E-state index in [1.54, 1.807) is 12.1 Å². The topological polar surface area (TPSA) is 109 Å². The SMILES string of the molecule is O=S(=O)(O)c1cc(I)ccc1-c1ccc(I)cc1S(=O)(=O)O. The zero-order valence-corrected chi connectivity index (χ0v) is 16.5. The highest BCUT2D eigenvalue weighted by Crippen LogP contribution is 2.34. The van der Waals surface area contributed by atoms with Crippen molar-refractivity contribution < 1.29 is 25.9 Å². The Morgan fingerprint density at radius 3 is 1.27 bits per heavy atom. The zero-order valence-electron chi connectivity index (χ0n) is 10.6. The van der Waals surface area contributed by atoms with Gasteiger partial charge in [0.25, 0.3) is 20.2 Å². The fourth-order valence-electron chi connectivity index (χ4n) is 1.86. The van der Waals surface area contributed by atoms with Crippen molar-refractivity contribution in [3.63, 3.8) is 0 Å². The van der Waals surface area contributed by atoms with Gasteiger partial charge in [-0.25, -0.2) is 0 Å². The van der Waals surface area contributed by atoms with Gasteiger partial charge >= 0.3 is 0 Å². The van der Waals surface area contributed by atoms with Crippen molar-refractivity contribution in [2.45, 2.75) is 9.79 Å². The first-order valence-electron chi connectivity index (χ1n) is 5.54. The Morgan fingerprint density at radius 2 is 1.00 bits per heavy atom. The van der Waals surface area contributed by atoms with Crippen molar-refractivity contribution in [2.75, 3.05) is 0 Å². The lowest BCUT2D eigenvalue weighted by molar-refractivity contribution is 0.480. The van der Waals surface area contributed by atoms with E-state index in [-0.39, 0.29) is 11.1 Å². The smallest absolute Gasteiger partial charge is 0.282 e. The van der Waals surface area contributed by atoms with Crippen LogP contribution in [0, 0.1) is 7.14 Å². The van der Waals surface area contributed by atoms with Gasteiger partial charge in [0.05, 0.1) is 0 Å². The molecule has 0 aliphatic heterocycles. The predicted octanol–water partition coefficient (Wildman–Crippen LogP) is 3.06. The van der Waals surface area contributed by atoms with Crippen molar-refractivity contribution in [3.05, 3.63) is 43.5 Å². The highest BCUT2D eigenvalue weighted by atomic mass is 127. The number of rotatable bonds is 3. The maximum Gasteiger partial charge on any atom is 0.295 e.